The molecular weight excluding hydrogens is 236 g/mol. The predicted octanol–water partition coefficient (Wildman–Crippen LogP) is 3.44. The number of phenols is 1. The second-order valence-corrected chi connectivity index (χ2v) is 4.76. The van der Waals surface area contributed by atoms with Gasteiger partial charge in [0.25, 0.3) is 0 Å². The average Bonchev–Trinajstić information content (AvgIpc) is 2.83. The molecular formula is C16H16N2O. The maximum atomic E-state index is 9.55. The molecule has 0 saturated heterocycles. The molecule has 2 aromatic heterocycles. The Balaban J connectivity index is 1.70. The van der Waals surface area contributed by atoms with Crippen molar-refractivity contribution in [3.05, 3.63) is 60.0 Å². The van der Waals surface area contributed by atoms with E-state index in [1.807, 2.05) is 30.6 Å². The lowest BCUT2D eigenvalue weighted by atomic mass is 10.0. The Bertz CT molecular complexity index is 674. The molecule has 2 heterocycles. The number of aromatic amines is 1. The zero-order chi connectivity index (χ0) is 13.1. The normalized spacial score (nSPS) is 10.9. The first-order chi connectivity index (χ1) is 9.33. The second-order valence-electron chi connectivity index (χ2n) is 4.76. The molecule has 0 aliphatic carbocycles. The molecule has 2 N–H and O–H groups in total. The van der Waals surface area contributed by atoms with E-state index in [4.69, 9.17) is 0 Å². The van der Waals surface area contributed by atoms with Crippen LogP contribution in [-0.4, -0.2) is 15.1 Å². The van der Waals surface area contributed by atoms with Gasteiger partial charge in [0.1, 0.15) is 5.75 Å². The van der Waals surface area contributed by atoms with Crippen molar-refractivity contribution in [2.75, 3.05) is 0 Å². The van der Waals surface area contributed by atoms with Crippen molar-refractivity contribution in [1.29, 1.82) is 0 Å². The van der Waals surface area contributed by atoms with Gasteiger partial charge < -0.3 is 10.1 Å². The van der Waals surface area contributed by atoms with Gasteiger partial charge in [-0.25, -0.2) is 0 Å². The molecule has 3 heteroatoms. The quantitative estimate of drug-likeness (QED) is 0.747. The van der Waals surface area contributed by atoms with E-state index < -0.39 is 0 Å². The third-order valence-electron chi connectivity index (χ3n) is 3.39. The van der Waals surface area contributed by atoms with Gasteiger partial charge in [-0.3, -0.25) is 4.98 Å². The van der Waals surface area contributed by atoms with E-state index in [1.54, 1.807) is 12.3 Å². The Morgan fingerprint density at radius 1 is 1.16 bits per heavy atom. The van der Waals surface area contributed by atoms with Gasteiger partial charge in [-0.15, -0.1) is 0 Å². The monoisotopic (exact) mass is 252 g/mol. The molecule has 0 bridgehead atoms. The summed E-state index contributed by atoms with van der Waals surface area (Å²) in [5.41, 5.74) is 3.61. The van der Waals surface area contributed by atoms with Crippen molar-refractivity contribution in [2.24, 2.45) is 0 Å². The number of rotatable bonds is 4. The summed E-state index contributed by atoms with van der Waals surface area (Å²) in [7, 11) is 0. The minimum Gasteiger partial charge on any atom is -0.508 e. The number of pyridine rings is 1. The van der Waals surface area contributed by atoms with Crippen LogP contribution in [-0.2, 0) is 12.8 Å². The van der Waals surface area contributed by atoms with Gasteiger partial charge in [-0.2, -0.15) is 0 Å². The molecule has 3 nitrogen and oxygen atoms in total. The number of fused-ring (bicyclic) bond motifs is 1. The van der Waals surface area contributed by atoms with E-state index in [2.05, 4.69) is 16.0 Å². The van der Waals surface area contributed by atoms with Crippen LogP contribution in [0.1, 0.15) is 17.5 Å². The van der Waals surface area contributed by atoms with E-state index in [-0.39, 0.29) is 0 Å². The summed E-state index contributed by atoms with van der Waals surface area (Å²) in [5, 5.41) is 10.7. The third kappa shape index (κ3) is 2.60. The minimum atomic E-state index is 0.320. The highest BCUT2D eigenvalue weighted by Gasteiger charge is 2.04. The summed E-state index contributed by atoms with van der Waals surface area (Å²) in [5.74, 6) is 0.320. The summed E-state index contributed by atoms with van der Waals surface area (Å²) in [6.07, 6.45) is 8.85. The zero-order valence-electron chi connectivity index (χ0n) is 10.6. The molecule has 0 fully saturated rings. The van der Waals surface area contributed by atoms with Crippen LogP contribution < -0.4 is 0 Å². The SMILES string of the molecule is Oc1ccc2[nH]cc(CCCc3cccnc3)c2c1. The van der Waals surface area contributed by atoms with Crippen molar-refractivity contribution in [3.63, 3.8) is 0 Å². The Kier molecular flexibility index (Phi) is 3.19. The summed E-state index contributed by atoms with van der Waals surface area (Å²) >= 11 is 0. The van der Waals surface area contributed by atoms with E-state index in [1.165, 1.54) is 11.1 Å². The van der Waals surface area contributed by atoms with Crippen molar-refractivity contribution in [3.8, 4) is 5.75 Å². The zero-order valence-corrected chi connectivity index (χ0v) is 10.6. The average molecular weight is 252 g/mol. The van der Waals surface area contributed by atoms with Gasteiger partial charge in [0, 0.05) is 29.5 Å². The minimum absolute atomic E-state index is 0.320. The van der Waals surface area contributed by atoms with E-state index in [9.17, 15) is 5.11 Å². The number of aryl methyl sites for hydroxylation is 2. The molecule has 0 spiro atoms. The Morgan fingerprint density at radius 2 is 2.11 bits per heavy atom. The number of H-pyrrole nitrogens is 1. The number of aromatic hydroxyl groups is 1. The summed E-state index contributed by atoms with van der Waals surface area (Å²) in [4.78, 5) is 7.36. The van der Waals surface area contributed by atoms with Gasteiger partial charge in [-0.05, 0) is 54.7 Å². The van der Waals surface area contributed by atoms with Gasteiger partial charge >= 0.3 is 0 Å². The first-order valence-corrected chi connectivity index (χ1v) is 6.51. The first kappa shape index (κ1) is 11.8. The van der Waals surface area contributed by atoms with Gasteiger partial charge in [0.2, 0.25) is 0 Å². The summed E-state index contributed by atoms with van der Waals surface area (Å²) < 4.78 is 0. The van der Waals surface area contributed by atoms with Crippen LogP contribution in [0.25, 0.3) is 10.9 Å². The number of hydrogen-bond donors (Lipinski definition) is 2. The highest BCUT2D eigenvalue weighted by molar-refractivity contribution is 5.84. The van der Waals surface area contributed by atoms with Crippen molar-refractivity contribution in [1.82, 2.24) is 9.97 Å². The van der Waals surface area contributed by atoms with E-state index in [0.29, 0.717) is 5.75 Å². The fourth-order valence-electron chi connectivity index (χ4n) is 2.40. The Hall–Kier alpha value is -2.29. The highest BCUT2D eigenvalue weighted by atomic mass is 16.3. The molecule has 19 heavy (non-hydrogen) atoms. The molecule has 0 aliphatic heterocycles. The van der Waals surface area contributed by atoms with Gasteiger partial charge in [0.05, 0.1) is 0 Å². The lowest BCUT2D eigenvalue weighted by Gasteiger charge is -2.01. The maximum absolute atomic E-state index is 9.55. The number of hydrogen-bond acceptors (Lipinski definition) is 2. The highest BCUT2D eigenvalue weighted by Crippen LogP contribution is 2.24. The van der Waals surface area contributed by atoms with Crippen LogP contribution in [0.5, 0.6) is 5.75 Å². The fraction of sp³-hybridized carbons (Fsp3) is 0.188. The van der Waals surface area contributed by atoms with Crippen molar-refractivity contribution < 1.29 is 5.11 Å². The Morgan fingerprint density at radius 3 is 2.95 bits per heavy atom. The molecule has 3 aromatic rings. The molecule has 1 aromatic carbocycles. The lowest BCUT2D eigenvalue weighted by Crippen LogP contribution is -1.89. The topological polar surface area (TPSA) is 48.9 Å². The molecule has 0 radical (unpaired) electrons. The molecule has 0 amide bonds. The molecule has 0 aliphatic rings. The largest absolute Gasteiger partial charge is 0.508 e. The number of benzene rings is 1. The third-order valence-corrected chi connectivity index (χ3v) is 3.39. The van der Waals surface area contributed by atoms with Crippen LogP contribution in [0.15, 0.2) is 48.9 Å². The van der Waals surface area contributed by atoms with Crippen molar-refractivity contribution >= 4 is 10.9 Å². The lowest BCUT2D eigenvalue weighted by molar-refractivity contribution is 0.476. The molecule has 3 rings (SSSR count). The standard InChI is InChI=1S/C16H16N2O/c19-14-6-7-16-15(9-14)13(11-18-16)5-1-3-12-4-2-8-17-10-12/h2,4,6-11,18-19H,1,3,5H2. The maximum Gasteiger partial charge on any atom is 0.116 e. The number of nitrogens with one attached hydrogen (secondary N) is 1. The summed E-state index contributed by atoms with van der Waals surface area (Å²) in [6.45, 7) is 0. The van der Waals surface area contributed by atoms with Crippen LogP contribution >= 0.6 is 0 Å². The van der Waals surface area contributed by atoms with E-state index in [0.717, 1.165) is 30.2 Å². The second kappa shape index (κ2) is 5.14. The van der Waals surface area contributed by atoms with Crippen LogP contribution in [0.4, 0.5) is 0 Å². The first-order valence-electron chi connectivity index (χ1n) is 6.51. The van der Waals surface area contributed by atoms with Gasteiger partial charge in [-0.1, -0.05) is 6.07 Å². The molecule has 0 unspecified atom stereocenters. The van der Waals surface area contributed by atoms with Gasteiger partial charge in [0.15, 0.2) is 0 Å². The molecule has 0 atom stereocenters. The van der Waals surface area contributed by atoms with Crippen molar-refractivity contribution in [2.45, 2.75) is 19.3 Å². The fourth-order valence-corrected chi connectivity index (χ4v) is 2.40. The molecule has 96 valence electrons. The predicted molar refractivity (Wildman–Crippen MR) is 76.2 cm³/mol. The molecule has 0 saturated carbocycles. The van der Waals surface area contributed by atoms with Crippen LogP contribution in [0, 0.1) is 0 Å². The van der Waals surface area contributed by atoms with Crippen LogP contribution in [0.2, 0.25) is 0 Å². The number of nitrogens with zero attached hydrogens (tertiary/aromatic N) is 1. The van der Waals surface area contributed by atoms with Crippen LogP contribution in [0.3, 0.4) is 0 Å². The summed E-state index contributed by atoms with van der Waals surface area (Å²) in [6, 6.07) is 9.52. The number of aromatic nitrogens is 2. The van der Waals surface area contributed by atoms with E-state index >= 15 is 0 Å². The number of phenolic OH excluding ortho intramolecular Hbond substituents is 1. The Labute approximate surface area is 111 Å². The smallest absolute Gasteiger partial charge is 0.116 e.